The number of rotatable bonds is 2. The first-order valence-electron chi connectivity index (χ1n) is 6.88. The maximum absolute atomic E-state index is 12.9. The molecular weight excluding hydrogens is 339 g/mol. The van der Waals surface area contributed by atoms with Crippen LogP contribution in [0.2, 0.25) is 5.02 Å². The second kappa shape index (κ2) is 6.02. The number of sulfonamides is 1. The second-order valence-electron chi connectivity index (χ2n) is 5.91. The summed E-state index contributed by atoms with van der Waals surface area (Å²) in [5, 5.41) is -0.508. The molecule has 22 heavy (non-hydrogen) atoms. The van der Waals surface area contributed by atoms with Gasteiger partial charge in [-0.3, -0.25) is 0 Å². The summed E-state index contributed by atoms with van der Waals surface area (Å²) >= 11 is 5.53. The van der Waals surface area contributed by atoms with Crippen molar-refractivity contribution < 1.29 is 21.6 Å². The van der Waals surface area contributed by atoms with Gasteiger partial charge in [-0.25, -0.2) is 8.42 Å². The maximum atomic E-state index is 12.9. The minimum absolute atomic E-state index is 0.174. The molecule has 0 aliphatic carbocycles. The van der Waals surface area contributed by atoms with Crippen LogP contribution in [0.15, 0.2) is 23.1 Å². The van der Waals surface area contributed by atoms with Crippen LogP contribution in [-0.4, -0.2) is 25.8 Å². The highest BCUT2D eigenvalue weighted by molar-refractivity contribution is 7.89. The zero-order valence-corrected chi connectivity index (χ0v) is 13.8. The van der Waals surface area contributed by atoms with E-state index in [0.717, 1.165) is 18.6 Å². The number of halogens is 4. The maximum Gasteiger partial charge on any atom is 0.417 e. The molecule has 124 valence electrons. The molecule has 0 amide bonds. The van der Waals surface area contributed by atoms with Gasteiger partial charge in [0.05, 0.1) is 15.5 Å². The van der Waals surface area contributed by atoms with Crippen molar-refractivity contribution in [3.63, 3.8) is 0 Å². The minimum Gasteiger partial charge on any atom is -0.207 e. The van der Waals surface area contributed by atoms with Crippen LogP contribution in [0.25, 0.3) is 0 Å². The first-order valence-corrected chi connectivity index (χ1v) is 8.70. The van der Waals surface area contributed by atoms with Crippen molar-refractivity contribution >= 4 is 21.6 Å². The van der Waals surface area contributed by atoms with Gasteiger partial charge in [0, 0.05) is 13.1 Å². The Kier molecular flexibility index (Phi) is 4.80. The third kappa shape index (κ3) is 3.58. The molecule has 1 heterocycles. The molecule has 2 atom stereocenters. The average molecular weight is 356 g/mol. The fourth-order valence-electron chi connectivity index (χ4n) is 2.83. The quantitative estimate of drug-likeness (QED) is 0.803. The van der Waals surface area contributed by atoms with Gasteiger partial charge < -0.3 is 0 Å². The molecule has 0 N–H and O–H groups in total. The lowest BCUT2D eigenvalue weighted by atomic mass is 9.94. The minimum atomic E-state index is -4.69. The Bertz CT molecular complexity index is 651. The Balaban J connectivity index is 2.42. The highest BCUT2D eigenvalue weighted by Crippen LogP contribution is 2.37. The largest absolute Gasteiger partial charge is 0.417 e. The summed E-state index contributed by atoms with van der Waals surface area (Å²) in [7, 11) is -3.95. The van der Waals surface area contributed by atoms with Crippen LogP contribution in [0.4, 0.5) is 13.2 Å². The highest BCUT2D eigenvalue weighted by Gasteiger charge is 2.36. The van der Waals surface area contributed by atoms with Crippen LogP contribution in [0, 0.1) is 11.8 Å². The van der Waals surface area contributed by atoms with Crippen LogP contribution >= 0.6 is 11.6 Å². The van der Waals surface area contributed by atoms with Gasteiger partial charge in [0.1, 0.15) is 0 Å². The Hall–Kier alpha value is -0.790. The average Bonchev–Trinajstić information content (AvgIpc) is 2.36. The Morgan fingerprint density at radius 3 is 2.23 bits per heavy atom. The van der Waals surface area contributed by atoms with Crippen LogP contribution < -0.4 is 0 Å². The lowest BCUT2D eigenvalue weighted by molar-refractivity contribution is -0.137. The third-order valence-corrected chi connectivity index (χ3v) is 5.87. The van der Waals surface area contributed by atoms with E-state index in [4.69, 9.17) is 11.6 Å². The van der Waals surface area contributed by atoms with E-state index in [1.807, 2.05) is 13.8 Å². The predicted molar refractivity (Wildman–Crippen MR) is 78.2 cm³/mol. The van der Waals surface area contributed by atoms with Gasteiger partial charge in [-0.05, 0) is 36.5 Å². The van der Waals surface area contributed by atoms with E-state index in [-0.39, 0.29) is 16.7 Å². The van der Waals surface area contributed by atoms with E-state index >= 15 is 0 Å². The van der Waals surface area contributed by atoms with E-state index < -0.39 is 26.8 Å². The Labute approximate surface area is 133 Å². The molecule has 1 aliphatic rings. The van der Waals surface area contributed by atoms with Crippen molar-refractivity contribution in [1.29, 1.82) is 0 Å². The topological polar surface area (TPSA) is 37.4 Å². The molecule has 3 nitrogen and oxygen atoms in total. The number of benzene rings is 1. The summed E-state index contributed by atoms with van der Waals surface area (Å²) in [5.41, 5.74) is -1.13. The van der Waals surface area contributed by atoms with Crippen molar-refractivity contribution in [3.05, 3.63) is 28.8 Å². The predicted octanol–water partition coefficient (Wildman–Crippen LogP) is 4.03. The number of alkyl halides is 3. The van der Waals surface area contributed by atoms with E-state index in [9.17, 15) is 21.6 Å². The zero-order chi connectivity index (χ0) is 16.7. The van der Waals surface area contributed by atoms with E-state index in [2.05, 4.69) is 0 Å². The monoisotopic (exact) mass is 355 g/mol. The van der Waals surface area contributed by atoms with Crippen molar-refractivity contribution in [2.24, 2.45) is 11.8 Å². The van der Waals surface area contributed by atoms with Crippen LogP contribution in [0.1, 0.15) is 25.8 Å². The number of nitrogens with zero attached hydrogens (tertiary/aromatic N) is 1. The zero-order valence-electron chi connectivity index (χ0n) is 12.2. The third-order valence-electron chi connectivity index (χ3n) is 3.72. The van der Waals surface area contributed by atoms with Gasteiger partial charge in [-0.2, -0.15) is 17.5 Å². The first-order chi connectivity index (χ1) is 10.0. The smallest absolute Gasteiger partial charge is 0.207 e. The van der Waals surface area contributed by atoms with Crippen molar-refractivity contribution in [1.82, 2.24) is 4.31 Å². The van der Waals surface area contributed by atoms with Gasteiger partial charge in [0.2, 0.25) is 10.0 Å². The van der Waals surface area contributed by atoms with Crippen molar-refractivity contribution in [2.75, 3.05) is 13.1 Å². The van der Waals surface area contributed by atoms with Gasteiger partial charge in [0.15, 0.2) is 0 Å². The summed E-state index contributed by atoms with van der Waals surface area (Å²) in [6.45, 7) is 4.50. The first kappa shape index (κ1) is 17.6. The molecule has 1 aliphatic heterocycles. The lowest BCUT2D eigenvalue weighted by Gasteiger charge is -2.34. The summed E-state index contributed by atoms with van der Waals surface area (Å²) < 4.78 is 65.1. The summed E-state index contributed by atoms with van der Waals surface area (Å²) in [6, 6.07) is 2.71. The molecular formula is C14H17ClF3NO2S. The van der Waals surface area contributed by atoms with Gasteiger partial charge in [-0.15, -0.1) is 0 Å². The van der Waals surface area contributed by atoms with Crippen LogP contribution in [0.5, 0.6) is 0 Å². The molecule has 0 spiro atoms. The molecule has 1 fully saturated rings. The summed E-state index contributed by atoms with van der Waals surface area (Å²) in [5.74, 6) is 0.348. The number of hydrogen-bond donors (Lipinski definition) is 0. The molecule has 1 aromatic carbocycles. The molecule has 1 aromatic rings. The van der Waals surface area contributed by atoms with Crippen LogP contribution in [0.3, 0.4) is 0 Å². The highest BCUT2D eigenvalue weighted by atomic mass is 35.5. The van der Waals surface area contributed by atoms with Crippen molar-refractivity contribution in [2.45, 2.75) is 31.3 Å². The van der Waals surface area contributed by atoms with Crippen molar-refractivity contribution in [3.8, 4) is 0 Å². The lowest BCUT2D eigenvalue weighted by Crippen LogP contribution is -2.42. The Morgan fingerprint density at radius 1 is 1.18 bits per heavy atom. The van der Waals surface area contributed by atoms with Crippen LogP contribution in [-0.2, 0) is 16.2 Å². The molecule has 2 unspecified atom stereocenters. The van der Waals surface area contributed by atoms with E-state index in [1.165, 1.54) is 4.31 Å². The fraction of sp³-hybridized carbons (Fsp3) is 0.571. The van der Waals surface area contributed by atoms with Gasteiger partial charge in [0.25, 0.3) is 0 Å². The summed E-state index contributed by atoms with van der Waals surface area (Å²) in [6.07, 6.45) is -3.79. The molecule has 0 bridgehead atoms. The molecule has 0 saturated carbocycles. The number of piperidine rings is 1. The summed E-state index contributed by atoms with van der Waals surface area (Å²) in [4.78, 5) is -0.370. The molecule has 0 radical (unpaired) electrons. The Morgan fingerprint density at radius 2 is 1.73 bits per heavy atom. The van der Waals surface area contributed by atoms with Gasteiger partial charge in [-0.1, -0.05) is 25.4 Å². The standard InChI is InChI=1S/C14H17ClF3NO2S/c1-9-5-10(2)8-19(7-9)22(20,21)11-3-4-13(15)12(6-11)14(16,17)18/h3-4,6,9-10H,5,7-8H2,1-2H3. The second-order valence-corrected chi connectivity index (χ2v) is 8.25. The fourth-order valence-corrected chi connectivity index (χ4v) is 4.76. The normalized spacial score (nSPS) is 24.5. The van der Waals surface area contributed by atoms with E-state index in [0.29, 0.717) is 19.2 Å². The molecule has 8 heteroatoms. The SMILES string of the molecule is CC1CC(C)CN(S(=O)(=O)c2ccc(Cl)c(C(F)(F)F)c2)C1. The van der Waals surface area contributed by atoms with E-state index in [1.54, 1.807) is 0 Å². The molecule has 2 rings (SSSR count). The molecule has 1 saturated heterocycles. The number of hydrogen-bond acceptors (Lipinski definition) is 2. The molecule has 0 aromatic heterocycles. The van der Waals surface area contributed by atoms with Gasteiger partial charge >= 0.3 is 6.18 Å².